The molecule has 0 unspecified atom stereocenters. The van der Waals surface area contributed by atoms with Crippen LogP contribution in [0.2, 0.25) is 0 Å². The summed E-state index contributed by atoms with van der Waals surface area (Å²) in [6, 6.07) is 14.8. The maximum absolute atomic E-state index is 12.4. The summed E-state index contributed by atoms with van der Waals surface area (Å²) in [7, 11) is 1.35. The zero-order valence-electron chi connectivity index (χ0n) is 16.9. The molecule has 0 spiro atoms. The van der Waals surface area contributed by atoms with Crippen molar-refractivity contribution in [2.75, 3.05) is 50.1 Å². The zero-order valence-corrected chi connectivity index (χ0v) is 16.9. The number of benzene rings is 2. The fourth-order valence-corrected chi connectivity index (χ4v) is 3.35. The molecule has 1 aliphatic rings. The van der Waals surface area contributed by atoms with Crippen molar-refractivity contribution in [2.45, 2.75) is 6.92 Å². The second-order valence-electron chi connectivity index (χ2n) is 6.87. The molecule has 1 N–H and O–H groups in total. The van der Waals surface area contributed by atoms with Crippen LogP contribution in [0.25, 0.3) is 6.08 Å². The van der Waals surface area contributed by atoms with E-state index in [1.54, 1.807) is 30.3 Å². The van der Waals surface area contributed by atoms with E-state index in [-0.39, 0.29) is 11.9 Å². The molecular formula is C23H27N3O3. The van der Waals surface area contributed by atoms with Gasteiger partial charge in [0.15, 0.2) is 0 Å². The molecule has 1 heterocycles. The van der Waals surface area contributed by atoms with Gasteiger partial charge in [0.05, 0.1) is 24.0 Å². The number of esters is 1. The third kappa shape index (κ3) is 5.45. The number of likely N-dealkylation sites (N-methyl/N-ethyl adjacent to an activating group) is 1. The summed E-state index contributed by atoms with van der Waals surface area (Å²) in [6.45, 7) is 7.20. The molecule has 2 aromatic carbocycles. The summed E-state index contributed by atoms with van der Waals surface area (Å²) < 4.78 is 4.69. The lowest BCUT2D eigenvalue weighted by Crippen LogP contribution is -2.46. The first kappa shape index (κ1) is 20.6. The molecule has 1 fully saturated rings. The van der Waals surface area contributed by atoms with Gasteiger partial charge in [0.1, 0.15) is 0 Å². The number of nitrogens with one attached hydrogen (secondary N) is 1. The molecule has 3 rings (SSSR count). The molecule has 6 nitrogen and oxygen atoms in total. The molecule has 2 aromatic rings. The van der Waals surface area contributed by atoms with Gasteiger partial charge in [-0.05, 0) is 42.4 Å². The van der Waals surface area contributed by atoms with Gasteiger partial charge in [0, 0.05) is 32.3 Å². The smallest absolute Gasteiger partial charge is 0.337 e. The van der Waals surface area contributed by atoms with Gasteiger partial charge in [-0.3, -0.25) is 4.79 Å². The maximum Gasteiger partial charge on any atom is 0.337 e. The largest absolute Gasteiger partial charge is 0.465 e. The number of rotatable bonds is 6. The van der Waals surface area contributed by atoms with Gasteiger partial charge in [-0.15, -0.1) is 0 Å². The summed E-state index contributed by atoms with van der Waals surface area (Å²) in [5.41, 5.74) is 3.17. The summed E-state index contributed by atoms with van der Waals surface area (Å²) >= 11 is 0. The summed E-state index contributed by atoms with van der Waals surface area (Å²) in [6.07, 6.45) is 3.22. The normalized spacial score (nSPS) is 14.8. The van der Waals surface area contributed by atoms with E-state index < -0.39 is 0 Å². The van der Waals surface area contributed by atoms with Crippen LogP contribution in [0, 0.1) is 0 Å². The van der Waals surface area contributed by atoms with Gasteiger partial charge in [0.25, 0.3) is 0 Å². The molecule has 1 aliphatic heterocycles. The van der Waals surface area contributed by atoms with Crippen molar-refractivity contribution in [1.29, 1.82) is 0 Å². The Bertz CT molecular complexity index is 869. The Morgan fingerprint density at radius 3 is 2.38 bits per heavy atom. The minimum Gasteiger partial charge on any atom is -0.465 e. The van der Waals surface area contributed by atoms with E-state index in [9.17, 15) is 9.59 Å². The number of nitrogens with zero attached hydrogens (tertiary/aromatic N) is 2. The Hall–Kier alpha value is -3.12. The highest BCUT2D eigenvalue weighted by atomic mass is 16.5. The van der Waals surface area contributed by atoms with E-state index in [0.717, 1.165) is 49.7 Å². The molecule has 6 heteroatoms. The molecule has 152 valence electrons. The lowest BCUT2D eigenvalue weighted by molar-refractivity contribution is -0.111. The maximum atomic E-state index is 12.4. The average Bonchev–Trinajstić information content (AvgIpc) is 2.78. The Morgan fingerprint density at radius 1 is 1.03 bits per heavy atom. The van der Waals surface area contributed by atoms with Crippen molar-refractivity contribution in [3.63, 3.8) is 0 Å². The van der Waals surface area contributed by atoms with Gasteiger partial charge in [-0.2, -0.15) is 0 Å². The van der Waals surface area contributed by atoms with E-state index in [2.05, 4.69) is 26.8 Å². The highest BCUT2D eigenvalue weighted by molar-refractivity contribution is 6.03. The Labute approximate surface area is 171 Å². The first-order valence-electron chi connectivity index (χ1n) is 9.84. The van der Waals surface area contributed by atoms with Gasteiger partial charge in [0.2, 0.25) is 5.91 Å². The molecule has 1 amide bonds. The molecule has 0 bridgehead atoms. The second-order valence-corrected chi connectivity index (χ2v) is 6.87. The van der Waals surface area contributed by atoms with Crippen LogP contribution in [0.5, 0.6) is 0 Å². The van der Waals surface area contributed by atoms with Crippen LogP contribution in [0.1, 0.15) is 22.8 Å². The fraction of sp³-hybridized carbons (Fsp3) is 0.304. The lowest BCUT2D eigenvalue weighted by Gasteiger charge is -2.36. The molecule has 0 atom stereocenters. The lowest BCUT2D eigenvalue weighted by atomic mass is 10.1. The van der Waals surface area contributed by atoms with Crippen molar-refractivity contribution in [3.05, 3.63) is 65.7 Å². The standard InChI is InChI=1S/C23H27N3O3/c1-3-25-14-16-26(17-15-25)21-7-5-4-6-20(21)24-22(27)13-10-18-8-11-19(12-9-18)23(28)29-2/h4-13H,3,14-17H2,1-2H3,(H,24,27)/b13-10+. The topological polar surface area (TPSA) is 61.9 Å². The van der Waals surface area contributed by atoms with E-state index in [1.807, 2.05) is 24.3 Å². The predicted octanol–water partition coefficient (Wildman–Crippen LogP) is 3.27. The fourth-order valence-electron chi connectivity index (χ4n) is 3.35. The third-order valence-electron chi connectivity index (χ3n) is 5.08. The van der Waals surface area contributed by atoms with Crippen LogP contribution < -0.4 is 10.2 Å². The van der Waals surface area contributed by atoms with Crippen LogP contribution in [0.4, 0.5) is 11.4 Å². The number of anilines is 2. The molecule has 1 saturated heterocycles. The first-order chi connectivity index (χ1) is 14.1. The third-order valence-corrected chi connectivity index (χ3v) is 5.08. The predicted molar refractivity (Wildman–Crippen MR) is 116 cm³/mol. The Morgan fingerprint density at radius 2 is 1.72 bits per heavy atom. The number of amides is 1. The number of piperazine rings is 1. The number of carbonyl (C=O) groups excluding carboxylic acids is 2. The summed E-state index contributed by atoms with van der Waals surface area (Å²) in [4.78, 5) is 28.7. The van der Waals surface area contributed by atoms with Crippen molar-refractivity contribution >= 4 is 29.3 Å². The van der Waals surface area contributed by atoms with Gasteiger partial charge in [-0.1, -0.05) is 31.2 Å². The SMILES string of the molecule is CCN1CCN(c2ccccc2NC(=O)/C=C/c2ccc(C(=O)OC)cc2)CC1. The van der Waals surface area contributed by atoms with Crippen molar-refractivity contribution in [1.82, 2.24) is 4.90 Å². The van der Waals surface area contributed by atoms with E-state index >= 15 is 0 Å². The number of hydrogen-bond acceptors (Lipinski definition) is 5. The van der Waals surface area contributed by atoms with Crippen molar-refractivity contribution in [2.24, 2.45) is 0 Å². The number of ether oxygens (including phenoxy) is 1. The molecule has 0 radical (unpaired) electrons. The van der Waals surface area contributed by atoms with Gasteiger partial charge in [-0.25, -0.2) is 4.79 Å². The van der Waals surface area contributed by atoms with Crippen LogP contribution in [0.3, 0.4) is 0 Å². The van der Waals surface area contributed by atoms with Gasteiger partial charge < -0.3 is 19.9 Å². The Balaban J connectivity index is 1.64. The van der Waals surface area contributed by atoms with Crippen LogP contribution in [-0.2, 0) is 9.53 Å². The summed E-state index contributed by atoms with van der Waals surface area (Å²) in [5, 5.41) is 2.99. The second kappa shape index (κ2) is 9.89. The van der Waals surface area contributed by atoms with Crippen LogP contribution in [-0.4, -0.2) is 56.6 Å². The highest BCUT2D eigenvalue weighted by Crippen LogP contribution is 2.26. The number of carbonyl (C=O) groups is 2. The first-order valence-corrected chi connectivity index (χ1v) is 9.84. The van der Waals surface area contributed by atoms with Crippen molar-refractivity contribution in [3.8, 4) is 0 Å². The molecule has 0 aromatic heterocycles. The number of methoxy groups -OCH3 is 1. The Kier molecular flexibility index (Phi) is 7.03. The van der Waals surface area contributed by atoms with Crippen LogP contribution >= 0.6 is 0 Å². The van der Waals surface area contributed by atoms with Gasteiger partial charge >= 0.3 is 5.97 Å². The molecule has 0 aliphatic carbocycles. The molecular weight excluding hydrogens is 366 g/mol. The van der Waals surface area contributed by atoms with E-state index in [1.165, 1.54) is 13.2 Å². The number of hydrogen-bond donors (Lipinski definition) is 1. The minimum atomic E-state index is -0.380. The quantitative estimate of drug-likeness (QED) is 0.603. The minimum absolute atomic E-state index is 0.193. The van der Waals surface area contributed by atoms with Crippen molar-refractivity contribution < 1.29 is 14.3 Å². The van der Waals surface area contributed by atoms with E-state index in [4.69, 9.17) is 0 Å². The molecule has 29 heavy (non-hydrogen) atoms. The summed E-state index contributed by atoms with van der Waals surface area (Å²) in [5.74, 6) is -0.573. The van der Waals surface area contributed by atoms with E-state index in [0.29, 0.717) is 5.56 Å². The highest BCUT2D eigenvalue weighted by Gasteiger charge is 2.18. The zero-order chi connectivity index (χ0) is 20.6. The molecule has 0 saturated carbocycles. The van der Waals surface area contributed by atoms with Crippen LogP contribution in [0.15, 0.2) is 54.6 Å². The average molecular weight is 393 g/mol. The monoisotopic (exact) mass is 393 g/mol. The number of para-hydroxylation sites is 2.